The van der Waals surface area contributed by atoms with Gasteiger partial charge in [0.1, 0.15) is 5.76 Å². The second-order valence-corrected chi connectivity index (χ2v) is 5.97. The summed E-state index contributed by atoms with van der Waals surface area (Å²) in [5.41, 5.74) is 2.67. The molecule has 0 unspecified atom stereocenters. The molecule has 2 aliphatic heterocycles. The highest BCUT2D eigenvalue weighted by atomic mass is 16.5. The van der Waals surface area contributed by atoms with Crippen molar-refractivity contribution >= 4 is 5.91 Å². The summed E-state index contributed by atoms with van der Waals surface area (Å²) in [6.45, 7) is 4.88. The number of furan rings is 1. The van der Waals surface area contributed by atoms with Gasteiger partial charge in [0, 0.05) is 43.9 Å². The molecule has 4 heterocycles. The fraction of sp³-hybridized carbons (Fsp3) is 0.500. The van der Waals surface area contributed by atoms with Crippen molar-refractivity contribution in [3.8, 4) is 0 Å². The lowest BCUT2D eigenvalue weighted by molar-refractivity contribution is 0.0297. The van der Waals surface area contributed by atoms with Crippen molar-refractivity contribution in [2.75, 3.05) is 32.8 Å². The zero-order chi connectivity index (χ0) is 15.6. The van der Waals surface area contributed by atoms with E-state index in [-0.39, 0.29) is 5.91 Å². The number of carbonyl (C=O) groups is 1. The van der Waals surface area contributed by atoms with Gasteiger partial charge in [-0.25, -0.2) is 0 Å². The van der Waals surface area contributed by atoms with Gasteiger partial charge in [-0.05, 0) is 12.1 Å². The van der Waals surface area contributed by atoms with Crippen LogP contribution in [0.5, 0.6) is 0 Å². The van der Waals surface area contributed by atoms with Crippen LogP contribution in [0.25, 0.3) is 0 Å². The second kappa shape index (κ2) is 6.17. The van der Waals surface area contributed by atoms with Gasteiger partial charge in [0.25, 0.3) is 5.91 Å². The first-order chi connectivity index (χ1) is 11.3. The van der Waals surface area contributed by atoms with Gasteiger partial charge < -0.3 is 14.1 Å². The lowest BCUT2D eigenvalue weighted by Crippen LogP contribution is -2.41. The number of morpholine rings is 1. The molecule has 0 bridgehead atoms. The number of hydrogen-bond donors (Lipinski definition) is 1. The molecule has 0 spiro atoms. The fourth-order valence-electron chi connectivity index (χ4n) is 3.20. The van der Waals surface area contributed by atoms with Crippen LogP contribution < -0.4 is 0 Å². The minimum absolute atomic E-state index is 0.00523. The van der Waals surface area contributed by atoms with Crippen LogP contribution in [-0.4, -0.2) is 58.8 Å². The summed E-state index contributed by atoms with van der Waals surface area (Å²) >= 11 is 0. The number of aromatic amines is 1. The van der Waals surface area contributed by atoms with E-state index in [2.05, 4.69) is 15.1 Å². The summed E-state index contributed by atoms with van der Waals surface area (Å²) in [5.74, 6) is 0.948. The number of hydrogen-bond acceptors (Lipinski definition) is 5. The van der Waals surface area contributed by atoms with E-state index < -0.39 is 0 Å². The standard InChI is InChI=1S/C16H20N4O3/c21-16(20-5-8-22-9-6-20)15-13-11-19(4-3-14(13)17-18-15)10-12-2-1-7-23-12/h1-2,7H,3-6,8-11H2,(H,17,18). The highest BCUT2D eigenvalue weighted by molar-refractivity contribution is 5.94. The van der Waals surface area contributed by atoms with E-state index in [0.717, 1.165) is 43.1 Å². The third-order valence-corrected chi connectivity index (χ3v) is 4.47. The van der Waals surface area contributed by atoms with Crippen molar-refractivity contribution in [2.45, 2.75) is 19.5 Å². The molecule has 4 rings (SSSR count). The van der Waals surface area contributed by atoms with Crippen molar-refractivity contribution in [1.82, 2.24) is 20.0 Å². The number of carbonyl (C=O) groups excluding carboxylic acids is 1. The zero-order valence-electron chi connectivity index (χ0n) is 13.0. The normalized spacial score (nSPS) is 18.9. The smallest absolute Gasteiger partial charge is 0.274 e. The first-order valence-electron chi connectivity index (χ1n) is 7.99. The first-order valence-corrected chi connectivity index (χ1v) is 7.99. The van der Waals surface area contributed by atoms with E-state index in [1.165, 1.54) is 0 Å². The van der Waals surface area contributed by atoms with Crippen molar-refractivity contribution in [1.29, 1.82) is 0 Å². The third kappa shape index (κ3) is 2.89. The number of H-pyrrole nitrogens is 1. The van der Waals surface area contributed by atoms with Gasteiger partial charge in [-0.15, -0.1) is 0 Å². The van der Waals surface area contributed by atoms with Crippen LogP contribution in [0.1, 0.15) is 27.5 Å². The van der Waals surface area contributed by atoms with Crippen LogP contribution in [0.15, 0.2) is 22.8 Å². The Morgan fingerprint density at radius 3 is 2.96 bits per heavy atom. The van der Waals surface area contributed by atoms with E-state index in [9.17, 15) is 4.79 Å². The number of nitrogens with zero attached hydrogens (tertiary/aromatic N) is 3. The molecular weight excluding hydrogens is 296 g/mol. The molecule has 23 heavy (non-hydrogen) atoms. The number of amides is 1. The van der Waals surface area contributed by atoms with E-state index >= 15 is 0 Å². The highest BCUT2D eigenvalue weighted by Gasteiger charge is 2.29. The highest BCUT2D eigenvalue weighted by Crippen LogP contribution is 2.23. The second-order valence-electron chi connectivity index (χ2n) is 5.97. The van der Waals surface area contributed by atoms with Crippen LogP contribution >= 0.6 is 0 Å². The predicted molar refractivity (Wildman–Crippen MR) is 81.8 cm³/mol. The van der Waals surface area contributed by atoms with Crippen LogP contribution in [0, 0.1) is 0 Å². The Kier molecular flexibility index (Phi) is 3.88. The molecule has 0 radical (unpaired) electrons. The number of ether oxygens (including phenoxy) is 1. The summed E-state index contributed by atoms with van der Waals surface area (Å²) in [7, 11) is 0. The largest absolute Gasteiger partial charge is 0.468 e. The van der Waals surface area contributed by atoms with Crippen molar-refractivity contribution < 1.29 is 13.9 Å². The van der Waals surface area contributed by atoms with Crippen LogP contribution in [-0.2, 0) is 24.2 Å². The van der Waals surface area contributed by atoms with Gasteiger partial charge in [-0.3, -0.25) is 14.8 Å². The van der Waals surface area contributed by atoms with Crippen LogP contribution in [0.3, 0.4) is 0 Å². The van der Waals surface area contributed by atoms with Gasteiger partial charge in [0.2, 0.25) is 0 Å². The summed E-state index contributed by atoms with van der Waals surface area (Å²) in [6, 6.07) is 3.88. The van der Waals surface area contributed by atoms with Crippen molar-refractivity contribution in [3.63, 3.8) is 0 Å². The SMILES string of the molecule is O=C(c1n[nH]c2c1CN(Cc1ccco1)CC2)N1CCOCC1. The number of aromatic nitrogens is 2. The summed E-state index contributed by atoms with van der Waals surface area (Å²) in [6.07, 6.45) is 2.56. The lowest BCUT2D eigenvalue weighted by atomic mass is 10.0. The Morgan fingerprint density at radius 1 is 1.30 bits per heavy atom. The molecular formula is C16H20N4O3. The van der Waals surface area contributed by atoms with Gasteiger partial charge in [-0.1, -0.05) is 0 Å². The molecule has 0 saturated carbocycles. The Hall–Kier alpha value is -2.12. The Labute approximate surface area is 134 Å². The minimum Gasteiger partial charge on any atom is -0.468 e. The van der Waals surface area contributed by atoms with Crippen LogP contribution in [0.2, 0.25) is 0 Å². The van der Waals surface area contributed by atoms with E-state index in [4.69, 9.17) is 9.15 Å². The predicted octanol–water partition coefficient (Wildman–Crippen LogP) is 1.03. The Bertz CT molecular complexity index is 674. The Morgan fingerprint density at radius 2 is 2.17 bits per heavy atom. The lowest BCUT2D eigenvalue weighted by Gasteiger charge is -2.28. The van der Waals surface area contributed by atoms with Crippen molar-refractivity contribution in [2.24, 2.45) is 0 Å². The number of nitrogens with one attached hydrogen (secondary N) is 1. The van der Waals surface area contributed by atoms with E-state index in [1.807, 2.05) is 17.0 Å². The minimum atomic E-state index is 0.00523. The molecule has 2 aromatic rings. The van der Waals surface area contributed by atoms with E-state index in [0.29, 0.717) is 32.0 Å². The third-order valence-electron chi connectivity index (χ3n) is 4.47. The molecule has 2 aliphatic rings. The maximum atomic E-state index is 12.7. The number of rotatable bonds is 3. The molecule has 0 aromatic carbocycles. The molecule has 0 aliphatic carbocycles. The Balaban J connectivity index is 1.51. The molecule has 1 amide bonds. The molecule has 0 atom stereocenters. The summed E-state index contributed by atoms with van der Waals surface area (Å²) in [4.78, 5) is 16.8. The van der Waals surface area contributed by atoms with Gasteiger partial charge in [0.05, 0.1) is 26.0 Å². The quantitative estimate of drug-likeness (QED) is 0.915. The molecule has 7 nitrogen and oxygen atoms in total. The molecule has 7 heteroatoms. The topological polar surface area (TPSA) is 74.6 Å². The summed E-state index contributed by atoms with van der Waals surface area (Å²) < 4.78 is 10.7. The molecule has 1 N–H and O–H groups in total. The maximum Gasteiger partial charge on any atom is 0.274 e. The zero-order valence-corrected chi connectivity index (χ0v) is 13.0. The summed E-state index contributed by atoms with van der Waals surface area (Å²) in [5, 5.41) is 7.34. The van der Waals surface area contributed by atoms with Gasteiger partial charge >= 0.3 is 0 Å². The molecule has 1 saturated heterocycles. The fourth-order valence-corrected chi connectivity index (χ4v) is 3.20. The first kappa shape index (κ1) is 14.5. The van der Waals surface area contributed by atoms with Crippen LogP contribution in [0.4, 0.5) is 0 Å². The molecule has 122 valence electrons. The maximum absolute atomic E-state index is 12.7. The number of fused-ring (bicyclic) bond motifs is 1. The van der Waals surface area contributed by atoms with Gasteiger partial charge in [-0.2, -0.15) is 5.10 Å². The molecule has 1 fully saturated rings. The monoisotopic (exact) mass is 316 g/mol. The molecule has 2 aromatic heterocycles. The average molecular weight is 316 g/mol. The van der Waals surface area contributed by atoms with E-state index in [1.54, 1.807) is 6.26 Å². The average Bonchev–Trinajstić information content (AvgIpc) is 3.24. The van der Waals surface area contributed by atoms with Crippen molar-refractivity contribution in [3.05, 3.63) is 41.1 Å². The van der Waals surface area contributed by atoms with Gasteiger partial charge in [0.15, 0.2) is 5.69 Å².